The van der Waals surface area contributed by atoms with Crippen LogP contribution >= 0.6 is 11.3 Å². The Balaban J connectivity index is 1.42. The molecule has 1 aliphatic heterocycles. The minimum absolute atomic E-state index is 0.00512. The molecule has 1 aromatic carbocycles. The molecule has 0 bridgehead atoms. The molecule has 4 rings (SSSR count). The van der Waals surface area contributed by atoms with Gasteiger partial charge in [-0.05, 0) is 57.2 Å². The lowest BCUT2D eigenvalue weighted by atomic mass is 9.95. The van der Waals surface area contributed by atoms with Crippen molar-refractivity contribution in [1.82, 2.24) is 0 Å². The van der Waals surface area contributed by atoms with Crippen molar-refractivity contribution in [2.24, 2.45) is 0 Å². The third kappa shape index (κ3) is 4.57. The molecule has 0 spiro atoms. The van der Waals surface area contributed by atoms with Crippen molar-refractivity contribution in [3.05, 3.63) is 40.3 Å². The summed E-state index contributed by atoms with van der Waals surface area (Å²) in [5.74, 6) is -0.673. The molecule has 2 atom stereocenters. The van der Waals surface area contributed by atoms with E-state index in [1.54, 1.807) is 31.2 Å². The second kappa shape index (κ2) is 9.60. The molecule has 0 radical (unpaired) electrons. The van der Waals surface area contributed by atoms with E-state index in [2.05, 4.69) is 5.32 Å². The molecule has 32 heavy (non-hydrogen) atoms. The Morgan fingerprint density at radius 2 is 1.94 bits per heavy atom. The van der Waals surface area contributed by atoms with Crippen LogP contribution in [0.1, 0.15) is 47.5 Å². The molecule has 2 unspecified atom stereocenters. The minimum atomic E-state index is -1.09. The third-order valence-electron chi connectivity index (χ3n) is 5.32. The average Bonchev–Trinajstić information content (AvgIpc) is 3.16. The van der Waals surface area contributed by atoms with Gasteiger partial charge in [0.2, 0.25) is 6.10 Å². The fourth-order valence-electron chi connectivity index (χ4n) is 3.73. The number of anilines is 1. The first kappa shape index (κ1) is 22.1. The van der Waals surface area contributed by atoms with Crippen LogP contribution < -0.4 is 14.8 Å². The summed E-state index contributed by atoms with van der Waals surface area (Å²) in [7, 11) is 0. The average molecular weight is 460 g/mol. The zero-order chi connectivity index (χ0) is 22.7. The van der Waals surface area contributed by atoms with Gasteiger partial charge in [0.15, 0.2) is 17.6 Å². The first-order valence-electron chi connectivity index (χ1n) is 10.7. The molecule has 0 fully saturated rings. The molecular formula is C23H25NO7S. The molecule has 1 N–H and O–H groups in total. The van der Waals surface area contributed by atoms with Crippen LogP contribution in [0.3, 0.4) is 0 Å². The SMILES string of the molecule is CCOC(=O)c1c(NC(=O)C(C)OC(=O)C2COc3ccccc3O2)sc2c1CCCC2. The standard InChI is InChI=1S/C23H25NO7S/c1-3-28-23(27)19-14-8-4-7-11-18(14)32-21(19)24-20(25)13(2)30-22(26)17-12-29-15-9-5-6-10-16(15)31-17/h5-6,9-10,13,17H,3-4,7-8,11-12H2,1-2H3,(H,24,25). The number of ether oxygens (including phenoxy) is 4. The Bertz CT molecular complexity index is 1030. The molecule has 9 heteroatoms. The van der Waals surface area contributed by atoms with E-state index in [-0.39, 0.29) is 13.2 Å². The molecule has 170 valence electrons. The lowest BCUT2D eigenvalue weighted by Gasteiger charge is -2.25. The second-order valence-corrected chi connectivity index (χ2v) is 8.67. The first-order chi connectivity index (χ1) is 15.5. The van der Waals surface area contributed by atoms with Crippen molar-refractivity contribution >= 4 is 34.2 Å². The fraction of sp³-hybridized carbons (Fsp3) is 0.435. The molecule has 1 aliphatic carbocycles. The van der Waals surface area contributed by atoms with E-state index >= 15 is 0 Å². The monoisotopic (exact) mass is 459 g/mol. The molecular weight excluding hydrogens is 434 g/mol. The molecule has 0 saturated carbocycles. The number of para-hydroxylation sites is 2. The van der Waals surface area contributed by atoms with Crippen LogP contribution in [-0.2, 0) is 31.9 Å². The van der Waals surface area contributed by atoms with Gasteiger partial charge in [0.05, 0.1) is 12.2 Å². The van der Waals surface area contributed by atoms with E-state index in [1.165, 1.54) is 18.3 Å². The Hall–Kier alpha value is -3.07. The predicted molar refractivity (Wildman–Crippen MR) is 117 cm³/mol. The number of carbonyl (C=O) groups is 3. The van der Waals surface area contributed by atoms with Crippen LogP contribution in [0.5, 0.6) is 11.5 Å². The highest BCUT2D eigenvalue weighted by Crippen LogP contribution is 2.38. The topological polar surface area (TPSA) is 100 Å². The number of hydrogen-bond donors (Lipinski definition) is 1. The summed E-state index contributed by atoms with van der Waals surface area (Å²) in [6, 6.07) is 7.02. The van der Waals surface area contributed by atoms with Crippen LogP contribution in [0, 0.1) is 0 Å². The molecule has 1 amide bonds. The number of thiophene rings is 1. The minimum Gasteiger partial charge on any atom is -0.485 e. The van der Waals surface area contributed by atoms with Gasteiger partial charge < -0.3 is 24.3 Å². The summed E-state index contributed by atoms with van der Waals surface area (Å²) in [4.78, 5) is 38.9. The summed E-state index contributed by atoms with van der Waals surface area (Å²) >= 11 is 1.38. The summed E-state index contributed by atoms with van der Waals surface area (Å²) in [5.41, 5.74) is 1.37. The van der Waals surface area contributed by atoms with Gasteiger partial charge in [-0.1, -0.05) is 12.1 Å². The van der Waals surface area contributed by atoms with Crippen molar-refractivity contribution in [1.29, 1.82) is 0 Å². The van der Waals surface area contributed by atoms with Crippen LogP contribution in [-0.4, -0.2) is 43.3 Å². The van der Waals surface area contributed by atoms with Crippen LogP contribution in [0.25, 0.3) is 0 Å². The van der Waals surface area contributed by atoms with E-state index < -0.39 is 30.1 Å². The van der Waals surface area contributed by atoms with E-state index in [1.807, 2.05) is 0 Å². The number of aryl methyl sites for hydroxylation is 1. The largest absolute Gasteiger partial charge is 0.485 e. The first-order valence-corrected chi connectivity index (χ1v) is 11.5. The van der Waals surface area contributed by atoms with Crippen molar-refractivity contribution in [3.8, 4) is 11.5 Å². The van der Waals surface area contributed by atoms with E-state index in [0.29, 0.717) is 22.1 Å². The number of amides is 1. The van der Waals surface area contributed by atoms with Gasteiger partial charge in [0, 0.05) is 4.88 Å². The van der Waals surface area contributed by atoms with Gasteiger partial charge in [-0.2, -0.15) is 0 Å². The maximum absolute atomic E-state index is 12.8. The summed E-state index contributed by atoms with van der Waals surface area (Å²) in [6.45, 7) is 3.46. The zero-order valence-electron chi connectivity index (χ0n) is 18.0. The molecule has 1 aromatic heterocycles. The Morgan fingerprint density at radius 3 is 2.72 bits per heavy atom. The Morgan fingerprint density at radius 1 is 1.19 bits per heavy atom. The van der Waals surface area contributed by atoms with Gasteiger partial charge >= 0.3 is 11.9 Å². The molecule has 2 aliphatic rings. The van der Waals surface area contributed by atoms with Crippen molar-refractivity contribution in [2.45, 2.75) is 51.7 Å². The van der Waals surface area contributed by atoms with Gasteiger partial charge in [0.25, 0.3) is 5.91 Å². The van der Waals surface area contributed by atoms with E-state index in [0.717, 1.165) is 36.1 Å². The van der Waals surface area contributed by atoms with Gasteiger partial charge in [-0.25, -0.2) is 9.59 Å². The van der Waals surface area contributed by atoms with Gasteiger partial charge in [0.1, 0.15) is 11.6 Å². The molecule has 8 nitrogen and oxygen atoms in total. The lowest BCUT2D eigenvalue weighted by Crippen LogP contribution is -2.41. The Labute approximate surface area is 189 Å². The van der Waals surface area contributed by atoms with Crippen molar-refractivity contribution in [2.75, 3.05) is 18.5 Å². The van der Waals surface area contributed by atoms with Gasteiger partial charge in [-0.3, -0.25) is 4.79 Å². The Kier molecular flexibility index (Phi) is 6.64. The van der Waals surface area contributed by atoms with E-state index in [4.69, 9.17) is 18.9 Å². The number of nitrogens with one attached hydrogen (secondary N) is 1. The number of carbonyl (C=O) groups excluding carboxylic acids is 3. The molecule has 0 saturated heterocycles. The van der Waals surface area contributed by atoms with Gasteiger partial charge in [-0.15, -0.1) is 11.3 Å². The summed E-state index contributed by atoms with van der Waals surface area (Å²) in [6.07, 6.45) is 1.63. The van der Waals surface area contributed by atoms with Crippen molar-refractivity contribution < 1.29 is 33.3 Å². The highest BCUT2D eigenvalue weighted by atomic mass is 32.1. The maximum atomic E-state index is 12.8. The van der Waals surface area contributed by atoms with Crippen LogP contribution in [0.2, 0.25) is 0 Å². The van der Waals surface area contributed by atoms with Crippen molar-refractivity contribution in [3.63, 3.8) is 0 Å². The lowest BCUT2D eigenvalue weighted by molar-refractivity contribution is -0.162. The number of esters is 2. The highest BCUT2D eigenvalue weighted by Gasteiger charge is 2.32. The fourth-order valence-corrected chi connectivity index (χ4v) is 5.01. The second-order valence-electron chi connectivity index (χ2n) is 7.57. The number of benzene rings is 1. The molecule has 2 aromatic rings. The summed E-state index contributed by atoms with van der Waals surface area (Å²) < 4.78 is 21.7. The smallest absolute Gasteiger partial charge is 0.351 e. The highest BCUT2D eigenvalue weighted by molar-refractivity contribution is 7.17. The quantitative estimate of drug-likeness (QED) is 0.660. The van der Waals surface area contributed by atoms with Crippen LogP contribution in [0.15, 0.2) is 24.3 Å². The summed E-state index contributed by atoms with van der Waals surface area (Å²) in [5, 5.41) is 3.20. The number of fused-ring (bicyclic) bond motifs is 2. The molecule has 2 heterocycles. The predicted octanol–water partition coefficient (Wildman–Crippen LogP) is 3.51. The number of hydrogen-bond acceptors (Lipinski definition) is 8. The normalized spacial score (nSPS) is 17.6. The van der Waals surface area contributed by atoms with E-state index in [9.17, 15) is 14.4 Å². The number of rotatable bonds is 6. The zero-order valence-corrected chi connectivity index (χ0v) is 18.8. The van der Waals surface area contributed by atoms with Crippen LogP contribution in [0.4, 0.5) is 5.00 Å². The third-order valence-corrected chi connectivity index (χ3v) is 6.53. The maximum Gasteiger partial charge on any atom is 0.351 e.